The van der Waals surface area contributed by atoms with Crippen LogP contribution in [-0.2, 0) is 11.3 Å². The van der Waals surface area contributed by atoms with E-state index in [1.54, 1.807) is 6.20 Å². The number of aromatic nitrogens is 3. The number of hydrogen-bond donors (Lipinski definition) is 1. The standard InChI is InChI=1S/C20H26N6O/c1-19(2,23-12-18(27)26-9-4-6-20(26)14-24-20)7-10-25-13-17(22-15-25)16-5-3-8-21-11-16/h3,5,8,11,13-15,23H,4,6-7,9-10,12H2,1-2H3/t20-/m0/s1. The Kier molecular flexibility index (Phi) is 4.55. The fourth-order valence-corrected chi connectivity index (χ4v) is 3.56. The van der Waals surface area contributed by atoms with E-state index in [1.807, 2.05) is 42.0 Å². The average Bonchev–Trinajstić information content (AvgIpc) is 3.10. The van der Waals surface area contributed by atoms with E-state index >= 15 is 0 Å². The molecule has 0 unspecified atom stereocenters. The largest absolute Gasteiger partial charge is 0.337 e. The molecule has 2 aromatic heterocycles. The second-order valence-corrected chi connectivity index (χ2v) is 8.01. The number of pyridine rings is 1. The molecule has 1 atom stereocenters. The highest BCUT2D eigenvalue weighted by molar-refractivity contribution is 5.92. The van der Waals surface area contributed by atoms with Crippen LogP contribution in [0, 0.1) is 0 Å². The van der Waals surface area contributed by atoms with Crippen LogP contribution in [0.4, 0.5) is 0 Å². The van der Waals surface area contributed by atoms with E-state index in [0.717, 1.165) is 43.6 Å². The van der Waals surface area contributed by atoms with Crippen molar-refractivity contribution in [3.8, 4) is 11.3 Å². The Morgan fingerprint density at radius 1 is 1.41 bits per heavy atom. The van der Waals surface area contributed by atoms with Gasteiger partial charge in [0.25, 0.3) is 0 Å². The Bertz CT molecular complexity index is 835. The highest BCUT2D eigenvalue weighted by atomic mass is 16.2. The number of nitrogens with zero attached hydrogens (tertiary/aromatic N) is 5. The summed E-state index contributed by atoms with van der Waals surface area (Å²) in [5.41, 5.74) is 1.53. The molecule has 142 valence electrons. The molecular formula is C20H26N6O. The highest BCUT2D eigenvalue weighted by Crippen LogP contribution is 2.36. The van der Waals surface area contributed by atoms with E-state index in [0.29, 0.717) is 6.54 Å². The Hall–Kier alpha value is -2.54. The average molecular weight is 366 g/mol. The summed E-state index contributed by atoms with van der Waals surface area (Å²) in [6.45, 7) is 6.26. The summed E-state index contributed by atoms with van der Waals surface area (Å²) in [5, 5.41) is 3.42. The van der Waals surface area contributed by atoms with Gasteiger partial charge in [-0.3, -0.25) is 14.8 Å². The number of amides is 1. The third-order valence-corrected chi connectivity index (χ3v) is 5.43. The molecule has 7 heteroatoms. The summed E-state index contributed by atoms with van der Waals surface area (Å²) in [6, 6.07) is 3.92. The minimum Gasteiger partial charge on any atom is -0.337 e. The Labute approximate surface area is 159 Å². The zero-order chi connectivity index (χ0) is 18.9. The van der Waals surface area contributed by atoms with Crippen molar-refractivity contribution in [3.63, 3.8) is 0 Å². The van der Waals surface area contributed by atoms with Crippen LogP contribution in [-0.4, -0.2) is 55.8 Å². The maximum absolute atomic E-state index is 12.5. The molecule has 7 nitrogen and oxygen atoms in total. The van der Waals surface area contributed by atoms with Crippen LogP contribution in [0.3, 0.4) is 0 Å². The summed E-state index contributed by atoms with van der Waals surface area (Å²) in [6.07, 6.45) is 12.3. The van der Waals surface area contributed by atoms with Crippen LogP contribution < -0.4 is 5.32 Å². The number of carbonyl (C=O) groups excluding carboxylic acids is 1. The highest BCUT2D eigenvalue weighted by Gasteiger charge is 2.48. The van der Waals surface area contributed by atoms with Gasteiger partial charge in [0.1, 0.15) is 0 Å². The van der Waals surface area contributed by atoms with Crippen LogP contribution in [0.25, 0.3) is 11.3 Å². The molecule has 2 aliphatic rings. The second kappa shape index (κ2) is 6.88. The smallest absolute Gasteiger partial charge is 0.238 e. The number of aryl methyl sites for hydroxylation is 1. The first-order valence-electron chi connectivity index (χ1n) is 9.52. The SMILES string of the molecule is CC(C)(CCn1cnc(-c2cccnc2)c1)NCC(=O)N1CCC[C@@]12C=N2. The molecule has 4 heterocycles. The number of aliphatic imine (C=N–C) groups is 1. The van der Waals surface area contributed by atoms with E-state index in [9.17, 15) is 4.79 Å². The predicted octanol–water partition coefficient (Wildman–Crippen LogP) is 2.11. The third kappa shape index (κ3) is 3.93. The van der Waals surface area contributed by atoms with Crippen molar-refractivity contribution in [1.82, 2.24) is 24.8 Å². The maximum atomic E-state index is 12.5. The van der Waals surface area contributed by atoms with Crippen molar-refractivity contribution in [1.29, 1.82) is 0 Å². The van der Waals surface area contributed by atoms with Crippen molar-refractivity contribution in [2.75, 3.05) is 13.1 Å². The van der Waals surface area contributed by atoms with Crippen LogP contribution in [0.5, 0.6) is 0 Å². The molecule has 1 fully saturated rings. The number of carbonyl (C=O) groups is 1. The monoisotopic (exact) mass is 366 g/mol. The van der Waals surface area contributed by atoms with Gasteiger partial charge in [-0.2, -0.15) is 0 Å². The van der Waals surface area contributed by atoms with Crippen LogP contribution in [0.1, 0.15) is 33.1 Å². The van der Waals surface area contributed by atoms with Crippen LogP contribution in [0.2, 0.25) is 0 Å². The molecule has 0 aliphatic carbocycles. The summed E-state index contributed by atoms with van der Waals surface area (Å²) < 4.78 is 2.08. The Morgan fingerprint density at radius 2 is 2.26 bits per heavy atom. The van der Waals surface area contributed by atoms with Crippen LogP contribution in [0.15, 0.2) is 42.0 Å². The number of hydrogen-bond acceptors (Lipinski definition) is 5. The molecule has 0 saturated carbocycles. The zero-order valence-electron chi connectivity index (χ0n) is 15.9. The Balaban J connectivity index is 1.27. The first-order valence-corrected chi connectivity index (χ1v) is 9.52. The van der Waals surface area contributed by atoms with Crippen molar-refractivity contribution in [2.45, 2.75) is 50.9 Å². The fourth-order valence-electron chi connectivity index (χ4n) is 3.56. The first kappa shape index (κ1) is 17.9. The van der Waals surface area contributed by atoms with Gasteiger partial charge in [0, 0.05) is 49.0 Å². The van der Waals surface area contributed by atoms with Crippen molar-refractivity contribution in [3.05, 3.63) is 37.1 Å². The number of nitrogens with one attached hydrogen (secondary N) is 1. The molecule has 4 rings (SSSR count). The lowest BCUT2D eigenvalue weighted by Crippen LogP contribution is -2.49. The molecule has 0 aromatic carbocycles. The summed E-state index contributed by atoms with van der Waals surface area (Å²) in [4.78, 5) is 27.4. The van der Waals surface area contributed by atoms with E-state index in [1.165, 1.54) is 0 Å². The molecule has 0 bridgehead atoms. The van der Waals surface area contributed by atoms with Crippen LogP contribution >= 0.6 is 0 Å². The van der Waals surface area contributed by atoms with E-state index in [-0.39, 0.29) is 17.1 Å². The van der Waals surface area contributed by atoms with Gasteiger partial charge in [0.05, 0.1) is 18.6 Å². The van der Waals surface area contributed by atoms with Crippen molar-refractivity contribution < 1.29 is 4.79 Å². The predicted molar refractivity (Wildman–Crippen MR) is 104 cm³/mol. The normalized spacial score (nSPS) is 21.2. The lowest BCUT2D eigenvalue weighted by Gasteiger charge is -2.29. The van der Waals surface area contributed by atoms with Gasteiger partial charge in [0.15, 0.2) is 5.66 Å². The van der Waals surface area contributed by atoms with Gasteiger partial charge in [0.2, 0.25) is 5.91 Å². The van der Waals surface area contributed by atoms with E-state index in [2.05, 4.69) is 38.7 Å². The van der Waals surface area contributed by atoms with Gasteiger partial charge < -0.3 is 14.8 Å². The van der Waals surface area contributed by atoms with E-state index in [4.69, 9.17) is 0 Å². The second-order valence-electron chi connectivity index (χ2n) is 8.01. The van der Waals surface area contributed by atoms with E-state index < -0.39 is 0 Å². The van der Waals surface area contributed by atoms with Crippen molar-refractivity contribution >= 4 is 12.1 Å². The summed E-state index contributed by atoms with van der Waals surface area (Å²) in [7, 11) is 0. The fraction of sp³-hybridized carbons (Fsp3) is 0.500. The molecule has 2 aromatic rings. The zero-order valence-corrected chi connectivity index (χ0v) is 15.9. The lowest BCUT2D eigenvalue weighted by molar-refractivity contribution is -0.131. The van der Waals surface area contributed by atoms with Crippen molar-refractivity contribution in [2.24, 2.45) is 4.99 Å². The van der Waals surface area contributed by atoms with Gasteiger partial charge >= 0.3 is 0 Å². The molecule has 1 saturated heterocycles. The van der Waals surface area contributed by atoms with Gasteiger partial charge in [-0.15, -0.1) is 0 Å². The molecule has 1 spiro atoms. The Morgan fingerprint density at radius 3 is 3.00 bits per heavy atom. The minimum absolute atomic E-state index is 0.138. The first-order chi connectivity index (χ1) is 13.0. The lowest BCUT2D eigenvalue weighted by atomic mass is 10.0. The molecule has 1 N–H and O–H groups in total. The number of rotatable bonds is 7. The van der Waals surface area contributed by atoms with Gasteiger partial charge in [-0.1, -0.05) is 0 Å². The molecule has 0 radical (unpaired) electrons. The van der Waals surface area contributed by atoms with Gasteiger partial charge in [-0.25, -0.2) is 4.98 Å². The van der Waals surface area contributed by atoms with Gasteiger partial charge in [-0.05, 0) is 45.2 Å². The minimum atomic E-state index is -0.261. The number of imidazole rings is 1. The maximum Gasteiger partial charge on any atom is 0.238 e. The number of likely N-dealkylation sites (tertiary alicyclic amines) is 1. The molecular weight excluding hydrogens is 340 g/mol. The molecule has 27 heavy (non-hydrogen) atoms. The topological polar surface area (TPSA) is 75.4 Å². The molecule has 2 aliphatic heterocycles. The molecule has 1 amide bonds. The third-order valence-electron chi connectivity index (χ3n) is 5.43. The summed E-state index contributed by atoms with van der Waals surface area (Å²) in [5.74, 6) is 0.138. The summed E-state index contributed by atoms with van der Waals surface area (Å²) >= 11 is 0. The quantitative estimate of drug-likeness (QED) is 0.814.